The van der Waals surface area contributed by atoms with E-state index in [9.17, 15) is 4.79 Å². The minimum absolute atomic E-state index is 0.0583. The SMILES string of the molecule is COc1cc(Cl)cc(-c2ccc(C3CC(OCC(=O)O)C3)cc2)c1. The van der Waals surface area contributed by atoms with Gasteiger partial charge in [0.1, 0.15) is 12.4 Å². The quantitative estimate of drug-likeness (QED) is 0.844. The molecular formula is C19H19ClO4. The van der Waals surface area contributed by atoms with Crippen molar-refractivity contribution in [3.63, 3.8) is 0 Å². The maximum atomic E-state index is 10.5. The van der Waals surface area contributed by atoms with Gasteiger partial charge in [0.05, 0.1) is 13.2 Å². The van der Waals surface area contributed by atoms with E-state index in [0.29, 0.717) is 10.9 Å². The lowest BCUT2D eigenvalue weighted by atomic mass is 9.77. The molecule has 1 aliphatic rings. The topological polar surface area (TPSA) is 55.8 Å². The molecule has 1 saturated carbocycles. The van der Waals surface area contributed by atoms with Gasteiger partial charge in [0.15, 0.2) is 0 Å². The van der Waals surface area contributed by atoms with Crippen molar-refractivity contribution in [1.82, 2.24) is 0 Å². The Balaban J connectivity index is 1.64. The highest BCUT2D eigenvalue weighted by atomic mass is 35.5. The van der Waals surface area contributed by atoms with Crippen molar-refractivity contribution in [1.29, 1.82) is 0 Å². The number of methoxy groups -OCH3 is 1. The van der Waals surface area contributed by atoms with Gasteiger partial charge < -0.3 is 14.6 Å². The third-order valence-electron chi connectivity index (χ3n) is 4.36. The molecule has 0 aliphatic heterocycles. The van der Waals surface area contributed by atoms with Crippen molar-refractivity contribution in [2.45, 2.75) is 24.9 Å². The number of aliphatic carboxylic acids is 1. The minimum Gasteiger partial charge on any atom is -0.497 e. The molecule has 1 fully saturated rings. The van der Waals surface area contributed by atoms with Crippen LogP contribution in [0.15, 0.2) is 42.5 Å². The van der Waals surface area contributed by atoms with E-state index >= 15 is 0 Å². The Labute approximate surface area is 146 Å². The summed E-state index contributed by atoms with van der Waals surface area (Å²) in [5.74, 6) is 0.255. The maximum Gasteiger partial charge on any atom is 0.329 e. The minimum atomic E-state index is -0.917. The molecule has 2 aromatic carbocycles. The summed E-state index contributed by atoms with van der Waals surface area (Å²) in [7, 11) is 1.62. The Bertz CT molecular complexity index is 721. The van der Waals surface area contributed by atoms with Crippen LogP contribution in [0.2, 0.25) is 5.02 Å². The molecule has 0 aromatic heterocycles. The molecule has 3 rings (SSSR count). The van der Waals surface area contributed by atoms with Crippen molar-refractivity contribution >= 4 is 17.6 Å². The molecular weight excluding hydrogens is 328 g/mol. The zero-order valence-corrected chi connectivity index (χ0v) is 14.1. The second-order valence-corrected chi connectivity index (χ2v) is 6.43. The van der Waals surface area contributed by atoms with E-state index in [4.69, 9.17) is 26.2 Å². The normalized spacial score (nSPS) is 19.6. The van der Waals surface area contributed by atoms with Gasteiger partial charge in [0, 0.05) is 5.02 Å². The Morgan fingerprint density at radius 2 is 1.88 bits per heavy atom. The summed E-state index contributed by atoms with van der Waals surface area (Å²) in [6.07, 6.45) is 1.80. The third kappa shape index (κ3) is 3.89. The predicted molar refractivity (Wildman–Crippen MR) is 92.8 cm³/mol. The lowest BCUT2D eigenvalue weighted by Crippen LogP contribution is -2.31. The maximum absolute atomic E-state index is 10.5. The molecule has 0 radical (unpaired) electrons. The number of hydrogen-bond acceptors (Lipinski definition) is 3. The van der Waals surface area contributed by atoms with E-state index in [1.165, 1.54) is 5.56 Å². The zero-order chi connectivity index (χ0) is 17.1. The average Bonchev–Trinajstić information content (AvgIpc) is 2.53. The van der Waals surface area contributed by atoms with E-state index in [-0.39, 0.29) is 12.7 Å². The summed E-state index contributed by atoms with van der Waals surface area (Å²) >= 11 is 6.12. The van der Waals surface area contributed by atoms with Gasteiger partial charge >= 0.3 is 5.97 Å². The summed E-state index contributed by atoms with van der Waals surface area (Å²) in [6.45, 7) is -0.215. The number of hydrogen-bond donors (Lipinski definition) is 1. The second-order valence-electron chi connectivity index (χ2n) is 6.00. The molecule has 0 saturated heterocycles. The van der Waals surface area contributed by atoms with Gasteiger partial charge in [-0.15, -0.1) is 0 Å². The molecule has 0 spiro atoms. The van der Waals surface area contributed by atoms with Crippen LogP contribution in [0.3, 0.4) is 0 Å². The van der Waals surface area contributed by atoms with Gasteiger partial charge in [-0.05, 0) is 53.6 Å². The Morgan fingerprint density at radius 3 is 2.50 bits per heavy atom. The second kappa shape index (κ2) is 7.24. The lowest BCUT2D eigenvalue weighted by molar-refractivity contribution is -0.146. The number of carboxylic acids is 1. The highest BCUT2D eigenvalue weighted by Gasteiger charge is 2.31. The fraction of sp³-hybridized carbons (Fsp3) is 0.316. The molecule has 0 unspecified atom stereocenters. The molecule has 1 N–H and O–H groups in total. The van der Waals surface area contributed by atoms with Crippen LogP contribution in [0.4, 0.5) is 0 Å². The van der Waals surface area contributed by atoms with Crippen LogP contribution >= 0.6 is 11.6 Å². The molecule has 1 aliphatic carbocycles. The first kappa shape index (κ1) is 16.8. The number of carbonyl (C=O) groups is 1. The highest BCUT2D eigenvalue weighted by molar-refractivity contribution is 6.31. The first-order valence-electron chi connectivity index (χ1n) is 7.83. The molecule has 24 heavy (non-hydrogen) atoms. The number of halogens is 1. The van der Waals surface area contributed by atoms with Gasteiger partial charge in [0.25, 0.3) is 0 Å². The molecule has 0 heterocycles. The van der Waals surface area contributed by atoms with Crippen LogP contribution in [0.25, 0.3) is 11.1 Å². The Kier molecular flexibility index (Phi) is 5.07. The van der Waals surface area contributed by atoms with E-state index in [0.717, 1.165) is 29.7 Å². The molecule has 4 nitrogen and oxygen atoms in total. The summed E-state index contributed by atoms with van der Waals surface area (Å²) in [6, 6.07) is 14.0. The van der Waals surface area contributed by atoms with Crippen molar-refractivity contribution in [3.8, 4) is 16.9 Å². The number of carboxylic acid groups (broad SMARTS) is 1. The monoisotopic (exact) mass is 346 g/mol. The number of benzene rings is 2. The Morgan fingerprint density at radius 1 is 1.17 bits per heavy atom. The van der Waals surface area contributed by atoms with Crippen LogP contribution < -0.4 is 4.74 Å². The summed E-state index contributed by atoms with van der Waals surface area (Å²) in [5, 5.41) is 9.26. The van der Waals surface area contributed by atoms with Crippen molar-refractivity contribution in [3.05, 3.63) is 53.1 Å². The first-order valence-corrected chi connectivity index (χ1v) is 8.21. The predicted octanol–water partition coefficient (Wildman–Crippen LogP) is 4.36. The summed E-state index contributed by atoms with van der Waals surface area (Å²) in [5.41, 5.74) is 3.35. The molecule has 0 amide bonds. The molecule has 0 atom stereocenters. The number of ether oxygens (including phenoxy) is 2. The van der Waals surface area contributed by atoms with Gasteiger partial charge in [-0.25, -0.2) is 4.79 Å². The standard InChI is InChI=1S/C19H19ClO4/c1-23-17-7-14(6-16(20)10-17)12-2-4-13(5-3-12)15-8-18(9-15)24-11-19(21)22/h2-7,10,15,18H,8-9,11H2,1H3,(H,21,22). The molecule has 5 heteroatoms. The van der Waals surface area contributed by atoms with Crippen molar-refractivity contribution in [2.24, 2.45) is 0 Å². The van der Waals surface area contributed by atoms with Crippen molar-refractivity contribution in [2.75, 3.05) is 13.7 Å². The smallest absolute Gasteiger partial charge is 0.329 e. The number of rotatable bonds is 6. The van der Waals surface area contributed by atoms with Crippen LogP contribution in [0.1, 0.15) is 24.3 Å². The molecule has 2 aromatic rings. The fourth-order valence-electron chi connectivity index (χ4n) is 2.96. The van der Waals surface area contributed by atoms with Gasteiger partial charge in [-0.3, -0.25) is 0 Å². The summed E-state index contributed by atoms with van der Waals surface area (Å²) < 4.78 is 10.6. The largest absolute Gasteiger partial charge is 0.497 e. The molecule has 0 bridgehead atoms. The molecule has 126 valence electrons. The highest BCUT2D eigenvalue weighted by Crippen LogP contribution is 2.39. The average molecular weight is 347 g/mol. The van der Waals surface area contributed by atoms with Crippen LogP contribution in [-0.2, 0) is 9.53 Å². The Hall–Kier alpha value is -2.04. The van der Waals surface area contributed by atoms with Crippen molar-refractivity contribution < 1.29 is 19.4 Å². The fourth-order valence-corrected chi connectivity index (χ4v) is 3.18. The lowest BCUT2D eigenvalue weighted by Gasteiger charge is -2.35. The van der Waals surface area contributed by atoms with Gasteiger partial charge in [-0.2, -0.15) is 0 Å². The summed E-state index contributed by atoms with van der Waals surface area (Å²) in [4.78, 5) is 10.5. The first-order chi connectivity index (χ1) is 11.5. The van der Waals surface area contributed by atoms with Crippen LogP contribution in [-0.4, -0.2) is 30.9 Å². The van der Waals surface area contributed by atoms with E-state index in [2.05, 4.69) is 24.3 Å². The van der Waals surface area contributed by atoms with Crippen LogP contribution in [0, 0.1) is 0 Å². The third-order valence-corrected chi connectivity index (χ3v) is 4.58. The van der Waals surface area contributed by atoms with Gasteiger partial charge in [-0.1, -0.05) is 35.9 Å². The van der Waals surface area contributed by atoms with E-state index < -0.39 is 5.97 Å². The van der Waals surface area contributed by atoms with Crippen LogP contribution in [0.5, 0.6) is 5.75 Å². The zero-order valence-electron chi connectivity index (χ0n) is 13.4. The van der Waals surface area contributed by atoms with E-state index in [1.807, 2.05) is 12.1 Å². The van der Waals surface area contributed by atoms with Gasteiger partial charge in [0.2, 0.25) is 0 Å². The van der Waals surface area contributed by atoms with E-state index in [1.54, 1.807) is 13.2 Å².